The number of amides is 1. The van der Waals surface area contributed by atoms with Gasteiger partial charge < -0.3 is 19.9 Å². The first-order valence-corrected chi connectivity index (χ1v) is 12.9. The molecule has 1 saturated carbocycles. The molecule has 6 nitrogen and oxygen atoms in total. The zero-order valence-corrected chi connectivity index (χ0v) is 21.1. The largest absolute Gasteiger partial charge is 0.497 e. The van der Waals surface area contributed by atoms with Gasteiger partial charge in [-0.25, -0.2) is 0 Å². The number of unbranched alkanes of at least 4 members (excludes halogenated alkanes) is 1. The van der Waals surface area contributed by atoms with E-state index in [1.807, 2.05) is 18.2 Å². The summed E-state index contributed by atoms with van der Waals surface area (Å²) in [6, 6.07) is 5.85. The molecular formula is C27H44N2O4. The molecule has 0 bridgehead atoms. The van der Waals surface area contributed by atoms with E-state index < -0.39 is 5.60 Å². The number of likely N-dealkylation sites (tertiary alicyclic amines) is 1. The normalized spacial score (nSPS) is 26.3. The molecule has 186 valence electrons. The highest BCUT2D eigenvalue weighted by atomic mass is 16.5. The lowest BCUT2D eigenvalue weighted by Gasteiger charge is -2.52. The second-order valence-corrected chi connectivity index (χ2v) is 9.95. The Morgan fingerprint density at radius 3 is 2.76 bits per heavy atom. The van der Waals surface area contributed by atoms with Crippen LogP contribution in [0.3, 0.4) is 0 Å². The van der Waals surface area contributed by atoms with E-state index in [1.54, 1.807) is 14.2 Å². The molecule has 3 rings (SSSR count). The van der Waals surface area contributed by atoms with Crippen molar-refractivity contribution in [2.75, 3.05) is 33.9 Å². The number of hydrogen-bond donors (Lipinski definition) is 2. The van der Waals surface area contributed by atoms with Gasteiger partial charge in [0.2, 0.25) is 5.91 Å². The predicted molar refractivity (Wildman–Crippen MR) is 132 cm³/mol. The van der Waals surface area contributed by atoms with Crippen molar-refractivity contribution in [1.82, 2.24) is 10.2 Å². The Morgan fingerprint density at radius 2 is 2.06 bits per heavy atom. The summed E-state index contributed by atoms with van der Waals surface area (Å²) in [4.78, 5) is 15.3. The Balaban J connectivity index is 1.80. The smallest absolute Gasteiger partial charge is 0.234 e. The van der Waals surface area contributed by atoms with Crippen LogP contribution in [0.4, 0.5) is 0 Å². The van der Waals surface area contributed by atoms with Crippen LogP contribution in [0.5, 0.6) is 11.5 Å². The summed E-state index contributed by atoms with van der Waals surface area (Å²) in [6.45, 7) is 6.20. The maximum absolute atomic E-state index is 13.0. The number of piperidine rings is 1. The van der Waals surface area contributed by atoms with Crippen molar-refractivity contribution in [2.45, 2.75) is 83.3 Å². The predicted octanol–water partition coefficient (Wildman–Crippen LogP) is 4.70. The van der Waals surface area contributed by atoms with E-state index in [1.165, 1.54) is 12.8 Å². The molecule has 2 N–H and O–H groups in total. The van der Waals surface area contributed by atoms with Crippen molar-refractivity contribution in [3.63, 3.8) is 0 Å². The molecule has 1 aromatic rings. The minimum atomic E-state index is -0.672. The zero-order valence-electron chi connectivity index (χ0n) is 21.1. The molecule has 1 aliphatic heterocycles. The van der Waals surface area contributed by atoms with Gasteiger partial charge in [-0.3, -0.25) is 9.69 Å². The molecule has 0 unspecified atom stereocenters. The molecule has 0 radical (unpaired) electrons. The Hall–Kier alpha value is -1.79. The maximum Gasteiger partial charge on any atom is 0.234 e. The van der Waals surface area contributed by atoms with E-state index in [2.05, 4.69) is 24.1 Å². The molecule has 1 saturated heterocycles. The van der Waals surface area contributed by atoms with Gasteiger partial charge in [-0.05, 0) is 37.7 Å². The van der Waals surface area contributed by atoms with E-state index >= 15 is 0 Å². The van der Waals surface area contributed by atoms with Gasteiger partial charge in [-0.2, -0.15) is 0 Å². The molecule has 2 aliphatic rings. The minimum Gasteiger partial charge on any atom is -0.497 e. The number of fused-ring (bicyclic) bond motifs is 1. The molecule has 1 aliphatic carbocycles. The highest BCUT2D eigenvalue weighted by molar-refractivity contribution is 5.78. The number of carbonyl (C=O) groups excluding carboxylic acids is 1. The maximum atomic E-state index is 13.0. The van der Waals surface area contributed by atoms with E-state index in [0.717, 1.165) is 62.1 Å². The summed E-state index contributed by atoms with van der Waals surface area (Å²) in [5.41, 5.74) is 0.361. The van der Waals surface area contributed by atoms with Crippen LogP contribution in [0, 0.1) is 11.8 Å². The second kappa shape index (κ2) is 12.1. The third kappa shape index (κ3) is 6.21. The van der Waals surface area contributed by atoms with Crippen LogP contribution in [0.15, 0.2) is 18.2 Å². The molecule has 6 heteroatoms. The van der Waals surface area contributed by atoms with Crippen molar-refractivity contribution in [2.24, 2.45) is 11.8 Å². The Morgan fingerprint density at radius 1 is 1.24 bits per heavy atom. The average molecular weight is 461 g/mol. The van der Waals surface area contributed by atoms with Crippen LogP contribution in [-0.4, -0.2) is 55.4 Å². The molecule has 1 heterocycles. The Bertz CT molecular complexity index is 770. The number of nitrogens with one attached hydrogen (secondary N) is 1. The first-order chi connectivity index (χ1) is 16.0. The lowest BCUT2D eigenvalue weighted by Crippen LogP contribution is -2.56. The van der Waals surface area contributed by atoms with Crippen molar-refractivity contribution in [3.05, 3.63) is 23.8 Å². The molecular weight excluding hydrogens is 416 g/mol. The third-order valence-electron chi connectivity index (χ3n) is 7.91. The number of rotatable bonds is 11. The third-order valence-corrected chi connectivity index (χ3v) is 7.91. The van der Waals surface area contributed by atoms with Gasteiger partial charge in [-0.1, -0.05) is 52.0 Å². The van der Waals surface area contributed by atoms with Crippen LogP contribution < -0.4 is 14.8 Å². The van der Waals surface area contributed by atoms with Gasteiger partial charge in [0.25, 0.3) is 0 Å². The first kappa shape index (κ1) is 25.8. The van der Waals surface area contributed by atoms with Crippen LogP contribution in [0.1, 0.15) is 83.2 Å². The van der Waals surface area contributed by atoms with Gasteiger partial charge in [0, 0.05) is 36.7 Å². The topological polar surface area (TPSA) is 71.0 Å². The number of carbonyl (C=O) groups is 1. The summed E-state index contributed by atoms with van der Waals surface area (Å²) in [5, 5.41) is 14.7. The average Bonchev–Trinajstić information content (AvgIpc) is 2.83. The molecule has 2 fully saturated rings. The number of methoxy groups -OCH3 is 2. The lowest BCUT2D eigenvalue weighted by atomic mass is 9.66. The van der Waals surface area contributed by atoms with Crippen molar-refractivity contribution >= 4 is 5.91 Å². The fourth-order valence-corrected chi connectivity index (χ4v) is 5.84. The summed E-state index contributed by atoms with van der Waals surface area (Å²) in [6.07, 6.45) is 9.34. The van der Waals surface area contributed by atoms with Crippen LogP contribution in [0.2, 0.25) is 0 Å². The first-order valence-electron chi connectivity index (χ1n) is 12.9. The highest BCUT2D eigenvalue weighted by Gasteiger charge is 2.49. The molecule has 0 aromatic heterocycles. The van der Waals surface area contributed by atoms with Crippen LogP contribution >= 0.6 is 0 Å². The van der Waals surface area contributed by atoms with Crippen molar-refractivity contribution in [1.29, 1.82) is 0 Å². The quantitative estimate of drug-likeness (QED) is 0.501. The number of benzene rings is 1. The molecule has 4 atom stereocenters. The summed E-state index contributed by atoms with van der Waals surface area (Å²) in [7, 11) is 3.32. The van der Waals surface area contributed by atoms with Gasteiger partial charge in [0.05, 0.1) is 26.4 Å². The number of nitrogens with zero attached hydrogens (tertiary/aromatic N) is 1. The fraction of sp³-hybridized carbons (Fsp3) is 0.741. The summed E-state index contributed by atoms with van der Waals surface area (Å²) in [5.74, 6) is 2.19. The van der Waals surface area contributed by atoms with E-state index in [9.17, 15) is 9.90 Å². The molecule has 1 amide bonds. The number of aliphatic hydroxyl groups is 1. The monoisotopic (exact) mass is 460 g/mol. The standard InChI is InChI=1S/C27H44N2O4/c1-5-7-10-20(6-2)18-28-25(30)19-29-16-15-27(31)14-9-8-11-23(27)26(29)22-13-12-21(32-3)17-24(22)33-4/h12-13,17,20,23,26,31H,5-11,14-16,18-19H2,1-4H3,(H,28,30)/t20-,23+,26-,27-/m0/s1. The van der Waals surface area contributed by atoms with Gasteiger partial charge >= 0.3 is 0 Å². The van der Waals surface area contributed by atoms with Gasteiger partial charge in [0.15, 0.2) is 0 Å². The van der Waals surface area contributed by atoms with E-state index in [0.29, 0.717) is 25.4 Å². The van der Waals surface area contributed by atoms with Crippen molar-refractivity contribution in [3.8, 4) is 11.5 Å². The lowest BCUT2D eigenvalue weighted by molar-refractivity contribution is -0.138. The number of ether oxygens (including phenoxy) is 2. The van der Waals surface area contributed by atoms with E-state index in [-0.39, 0.29) is 17.9 Å². The van der Waals surface area contributed by atoms with E-state index in [4.69, 9.17) is 9.47 Å². The Labute approximate surface area is 200 Å². The second-order valence-electron chi connectivity index (χ2n) is 9.95. The number of hydrogen-bond acceptors (Lipinski definition) is 5. The molecule has 0 spiro atoms. The summed E-state index contributed by atoms with van der Waals surface area (Å²) < 4.78 is 11.2. The zero-order chi connectivity index (χ0) is 23.8. The van der Waals surface area contributed by atoms with Crippen LogP contribution in [-0.2, 0) is 4.79 Å². The van der Waals surface area contributed by atoms with Gasteiger partial charge in [-0.15, -0.1) is 0 Å². The SMILES string of the molecule is CCCC[C@H](CC)CNC(=O)CN1CC[C@@]2(O)CCCC[C@@H]2[C@@H]1c1ccc(OC)cc1OC. The highest BCUT2D eigenvalue weighted by Crippen LogP contribution is 2.51. The summed E-state index contributed by atoms with van der Waals surface area (Å²) >= 11 is 0. The van der Waals surface area contributed by atoms with Crippen molar-refractivity contribution < 1.29 is 19.4 Å². The molecule has 1 aromatic carbocycles. The fourth-order valence-electron chi connectivity index (χ4n) is 5.84. The van der Waals surface area contributed by atoms with Gasteiger partial charge in [0.1, 0.15) is 11.5 Å². The van der Waals surface area contributed by atoms with Crippen LogP contribution in [0.25, 0.3) is 0 Å². The minimum absolute atomic E-state index is 0.0577. The molecule has 33 heavy (non-hydrogen) atoms. The Kier molecular flexibility index (Phi) is 9.45.